The van der Waals surface area contributed by atoms with E-state index in [0.29, 0.717) is 6.54 Å². The van der Waals surface area contributed by atoms with Crippen molar-refractivity contribution in [3.8, 4) is 0 Å². The van der Waals surface area contributed by atoms with Gasteiger partial charge in [-0.05, 0) is 33.7 Å². The van der Waals surface area contributed by atoms with Crippen molar-refractivity contribution < 1.29 is 9.59 Å². The molecule has 3 aromatic rings. The van der Waals surface area contributed by atoms with Gasteiger partial charge in [0.1, 0.15) is 0 Å². The third kappa shape index (κ3) is 2.26. The molecule has 3 aliphatic carbocycles. The summed E-state index contributed by atoms with van der Waals surface area (Å²) in [6, 6.07) is 26.9. The molecular formula is C27H23NO2. The van der Waals surface area contributed by atoms with Gasteiger partial charge in [-0.15, -0.1) is 0 Å². The van der Waals surface area contributed by atoms with Crippen LogP contribution in [0.25, 0.3) is 0 Å². The zero-order valence-corrected chi connectivity index (χ0v) is 16.9. The van der Waals surface area contributed by atoms with Crippen LogP contribution < -0.4 is 0 Å². The number of carbonyl (C=O) groups excluding carboxylic acids is 2. The predicted molar refractivity (Wildman–Crippen MR) is 115 cm³/mol. The van der Waals surface area contributed by atoms with Gasteiger partial charge in [0.25, 0.3) is 0 Å². The fourth-order valence-corrected chi connectivity index (χ4v) is 6.08. The van der Waals surface area contributed by atoms with Crippen molar-refractivity contribution in [3.63, 3.8) is 0 Å². The van der Waals surface area contributed by atoms with Gasteiger partial charge >= 0.3 is 0 Å². The maximum Gasteiger partial charge on any atom is 0.234 e. The first kappa shape index (κ1) is 17.6. The van der Waals surface area contributed by atoms with E-state index in [0.717, 1.165) is 5.56 Å². The molecule has 0 aromatic heterocycles. The summed E-state index contributed by atoms with van der Waals surface area (Å²) in [7, 11) is 0. The largest absolute Gasteiger partial charge is 0.281 e. The molecule has 2 bridgehead atoms. The molecule has 7 rings (SSSR count). The maximum atomic E-state index is 13.6. The first-order valence-corrected chi connectivity index (χ1v) is 10.7. The van der Waals surface area contributed by atoms with Gasteiger partial charge in [-0.25, -0.2) is 0 Å². The molecule has 30 heavy (non-hydrogen) atoms. The number of rotatable bonds is 3. The van der Waals surface area contributed by atoms with Crippen LogP contribution in [0.3, 0.4) is 0 Å². The van der Waals surface area contributed by atoms with Crippen molar-refractivity contribution in [2.75, 3.05) is 6.54 Å². The average molecular weight is 393 g/mol. The third-order valence-corrected chi connectivity index (χ3v) is 7.36. The summed E-state index contributed by atoms with van der Waals surface area (Å²) in [6.45, 7) is 2.54. The van der Waals surface area contributed by atoms with Crippen molar-refractivity contribution in [1.29, 1.82) is 0 Å². The highest BCUT2D eigenvalue weighted by molar-refractivity contribution is 6.07. The van der Waals surface area contributed by atoms with Gasteiger partial charge < -0.3 is 0 Å². The van der Waals surface area contributed by atoms with Gasteiger partial charge in [-0.2, -0.15) is 0 Å². The number of benzene rings is 3. The molecule has 0 saturated carbocycles. The Hall–Kier alpha value is -3.20. The number of likely N-dealkylation sites (tertiary alicyclic amines) is 1. The highest BCUT2D eigenvalue weighted by Gasteiger charge is 2.61. The minimum absolute atomic E-state index is 0.00628. The first-order valence-electron chi connectivity index (χ1n) is 10.7. The summed E-state index contributed by atoms with van der Waals surface area (Å²) in [5, 5.41) is 0. The molecule has 0 spiro atoms. The Labute approximate surface area is 176 Å². The summed E-state index contributed by atoms with van der Waals surface area (Å²) in [5.74, 6) is -0.493. The fraction of sp³-hybridized carbons (Fsp3) is 0.259. The third-order valence-electron chi connectivity index (χ3n) is 7.36. The molecule has 2 amide bonds. The van der Waals surface area contributed by atoms with Crippen LogP contribution in [0.2, 0.25) is 0 Å². The number of amides is 2. The van der Waals surface area contributed by atoms with Gasteiger partial charge in [-0.1, -0.05) is 85.8 Å². The lowest BCUT2D eigenvalue weighted by Gasteiger charge is -2.45. The van der Waals surface area contributed by atoms with Gasteiger partial charge in [0.15, 0.2) is 0 Å². The molecule has 1 saturated heterocycles. The Bertz CT molecular complexity index is 1050. The Morgan fingerprint density at radius 1 is 0.667 bits per heavy atom. The van der Waals surface area contributed by atoms with Gasteiger partial charge in [-0.3, -0.25) is 14.5 Å². The Morgan fingerprint density at radius 2 is 1.07 bits per heavy atom. The second kappa shape index (κ2) is 6.40. The van der Waals surface area contributed by atoms with E-state index < -0.39 is 0 Å². The molecule has 1 aliphatic heterocycles. The number of nitrogens with zero attached hydrogens (tertiary/aromatic N) is 1. The summed E-state index contributed by atoms with van der Waals surface area (Å²) in [5.41, 5.74) is 6.05. The monoisotopic (exact) mass is 393 g/mol. The van der Waals surface area contributed by atoms with Gasteiger partial charge in [0.05, 0.1) is 11.8 Å². The number of hydrogen-bond donors (Lipinski definition) is 0. The SMILES string of the molecule is C[C@@H](CN1C(=O)[C@H]2C3c4ccccc4C(c4ccccc43)[C@@H]2C1=O)c1ccccc1. The van der Waals surface area contributed by atoms with E-state index in [1.54, 1.807) is 4.90 Å². The molecular weight excluding hydrogens is 370 g/mol. The van der Waals surface area contributed by atoms with Crippen molar-refractivity contribution in [2.24, 2.45) is 11.8 Å². The second-order valence-corrected chi connectivity index (χ2v) is 8.86. The van der Waals surface area contributed by atoms with E-state index in [9.17, 15) is 9.59 Å². The minimum atomic E-state index is -0.282. The fourth-order valence-electron chi connectivity index (χ4n) is 6.08. The normalized spacial score (nSPS) is 26.9. The summed E-state index contributed by atoms with van der Waals surface area (Å²) in [4.78, 5) is 28.8. The highest BCUT2D eigenvalue weighted by Crippen LogP contribution is 2.61. The van der Waals surface area contributed by atoms with Crippen molar-refractivity contribution in [3.05, 3.63) is 107 Å². The van der Waals surface area contributed by atoms with Crippen LogP contribution in [-0.4, -0.2) is 23.3 Å². The van der Waals surface area contributed by atoms with Crippen molar-refractivity contribution >= 4 is 11.8 Å². The zero-order chi connectivity index (χ0) is 20.4. The number of carbonyl (C=O) groups is 2. The van der Waals surface area contributed by atoms with E-state index in [1.807, 2.05) is 42.5 Å². The second-order valence-electron chi connectivity index (χ2n) is 8.86. The van der Waals surface area contributed by atoms with Crippen LogP contribution in [-0.2, 0) is 9.59 Å². The minimum Gasteiger partial charge on any atom is -0.281 e. The van der Waals surface area contributed by atoms with Crippen molar-refractivity contribution in [1.82, 2.24) is 4.90 Å². The number of imide groups is 1. The molecule has 1 fully saturated rings. The molecule has 0 unspecified atom stereocenters. The molecule has 0 radical (unpaired) electrons. The molecule has 148 valence electrons. The van der Waals surface area contributed by atoms with E-state index in [1.165, 1.54) is 22.3 Å². The first-order chi connectivity index (χ1) is 14.7. The molecule has 3 heteroatoms. The molecule has 3 nitrogen and oxygen atoms in total. The van der Waals surface area contributed by atoms with Crippen LogP contribution in [0.4, 0.5) is 0 Å². The van der Waals surface area contributed by atoms with Crippen LogP contribution in [0.1, 0.15) is 52.5 Å². The lowest BCUT2D eigenvalue weighted by Crippen LogP contribution is -2.41. The van der Waals surface area contributed by atoms with Crippen LogP contribution in [0.5, 0.6) is 0 Å². The van der Waals surface area contributed by atoms with E-state index in [-0.39, 0.29) is 41.4 Å². The average Bonchev–Trinajstić information content (AvgIpc) is 3.05. The Balaban J connectivity index is 1.43. The van der Waals surface area contributed by atoms with Crippen LogP contribution >= 0.6 is 0 Å². The number of hydrogen-bond acceptors (Lipinski definition) is 2. The lowest BCUT2D eigenvalue weighted by molar-refractivity contribution is -0.140. The van der Waals surface area contributed by atoms with E-state index in [2.05, 4.69) is 43.3 Å². The Kier molecular flexibility index (Phi) is 3.76. The molecule has 3 aromatic carbocycles. The van der Waals surface area contributed by atoms with E-state index in [4.69, 9.17) is 0 Å². The standard InChI is InChI=1S/C27H23NO2/c1-16(17-9-3-2-4-10-17)15-28-26(29)24-22-18-11-5-6-12-19(18)23(25(24)27(28)30)21-14-8-7-13-20(21)22/h2-14,16,22-25H,15H2,1H3/t16-,22?,23?,24-,25-/m0/s1. The molecule has 3 atom stereocenters. The highest BCUT2D eigenvalue weighted by atomic mass is 16.2. The van der Waals surface area contributed by atoms with Crippen molar-refractivity contribution in [2.45, 2.75) is 24.7 Å². The molecule has 4 aliphatic rings. The Morgan fingerprint density at radius 3 is 1.50 bits per heavy atom. The lowest BCUT2D eigenvalue weighted by atomic mass is 9.55. The summed E-state index contributed by atoms with van der Waals surface area (Å²) >= 11 is 0. The van der Waals surface area contributed by atoms with Crippen LogP contribution in [0.15, 0.2) is 78.9 Å². The topological polar surface area (TPSA) is 37.4 Å². The van der Waals surface area contributed by atoms with E-state index >= 15 is 0 Å². The molecule has 0 N–H and O–H groups in total. The zero-order valence-electron chi connectivity index (χ0n) is 16.9. The predicted octanol–water partition coefficient (Wildman–Crippen LogP) is 4.68. The summed E-state index contributed by atoms with van der Waals surface area (Å²) < 4.78 is 0. The summed E-state index contributed by atoms with van der Waals surface area (Å²) in [6.07, 6.45) is 0. The van der Waals surface area contributed by atoms with Gasteiger partial charge in [0.2, 0.25) is 11.8 Å². The van der Waals surface area contributed by atoms with Gasteiger partial charge in [0, 0.05) is 18.4 Å². The van der Waals surface area contributed by atoms with Crippen LogP contribution in [0, 0.1) is 11.8 Å². The molecule has 1 heterocycles. The quantitative estimate of drug-likeness (QED) is 0.606. The maximum absolute atomic E-state index is 13.6. The smallest absolute Gasteiger partial charge is 0.234 e.